The Balaban J connectivity index is 1.59. The Morgan fingerprint density at radius 1 is 1.04 bits per heavy atom. The molecule has 2 heterocycles. The molecule has 0 aliphatic carbocycles. The lowest BCUT2D eigenvalue weighted by Crippen LogP contribution is -2.05. The lowest BCUT2D eigenvalue weighted by molar-refractivity contribution is 0.203. The van der Waals surface area contributed by atoms with Gasteiger partial charge >= 0.3 is 0 Å². The van der Waals surface area contributed by atoms with Gasteiger partial charge < -0.3 is 5.11 Å². The van der Waals surface area contributed by atoms with E-state index >= 15 is 0 Å². The van der Waals surface area contributed by atoms with Gasteiger partial charge in [0.15, 0.2) is 5.16 Å². The molecule has 7 heteroatoms. The maximum Gasteiger partial charge on any atom is 0.195 e. The third-order valence-electron chi connectivity index (χ3n) is 4.23. The molecule has 28 heavy (non-hydrogen) atoms. The van der Waals surface area contributed by atoms with Crippen LogP contribution in [0.5, 0.6) is 0 Å². The molecule has 0 spiro atoms. The maximum atomic E-state index is 13.4. The second-order valence-corrected chi connectivity index (χ2v) is 8.23. The summed E-state index contributed by atoms with van der Waals surface area (Å²) in [6, 6.07) is 20.1. The molecule has 142 valence electrons. The Morgan fingerprint density at radius 3 is 2.64 bits per heavy atom. The van der Waals surface area contributed by atoms with Crippen molar-refractivity contribution in [2.75, 3.05) is 5.75 Å². The molecule has 0 aliphatic heterocycles. The smallest absolute Gasteiger partial charge is 0.195 e. The van der Waals surface area contributed by atoms with E-state index in [-0.39, 0.29) is 5.82 Å². The van der Waals surface area contributed by atoms with E-state index in [0.29, 0.717) is 22.9 Å². The number of rotatable bonds is 7. The van der Waals surface area contributed by atoms with Gasteiger partial charge in [-0.1, -0.05) is 48.2 Å². The fourth-order valence-electron chi connectivity index (χ4n) is 2.88. The summed E-state index contributed by atoms with van der Waals surface area (Å²) in [7, 11) is 0. The van der Waals surface area contributed by atoms with Gasteiger partial charge in [-0.05, 0) is 41.3 Å². The third kappa shape index (κ3) is 4.32. The highest BCUT2D eigenvalue weighted by molar-refractivity contribution is 7.99. The number of aliphatic hydroxyl groups is 1. The van der Waals surface area contributed by atoms with Gasteiger partial charge in [-0.15, -0.1) is 21.5 Å². The minimum atomic E-state index is -0.789. The molecule has 4 aromatic rings. The highest BCUT2D eigenvalue weighted by Crippen LogP contribution is 2.28. The number of para-hydroxylation sites is 1. The Hall–Kier alpha value is -2.48. The van der Waals surface area contributed by atoms with Gasteiger partial charge in [-0.3, -0.25) is 4.57 Å². The summed E-state index contributed by atoms with van der Waals surface area (Å²) >= 11 is 3.09. The Labute approximate surface area is 170 Å². The van der Waals surface area contributed by atoms with Crippen molar-refractivity contribution in [1.29, 1.82) is 0 Å². The lowest BCUT2D eigenvalue weighted by Gasteiger charge is -2.12. The molecule has 2 aromatic heterocycles. The van der Waals surface area contributed by atoms with E-state index in [2.05, 4.69) is 16.3 Å². The Kier molecular flexibility index (Phi) is 5.85. The van der Waals surface area contributed by atoms with E-state index in [0.717, 1.165) is 11.5 Å². The summed E-state index contributed by atoms with van der Waals surface area (Å²) in [5, 5.41) is 21.9. The van der Waals surface area contributed by atoms with Crippen molar-refractivity contribution in [3.05, 3.63) is 94.2 Å². The molecule has 1 unspecified atom stereocenters. The van der Waals surface area contributed by atoms with Crippen molar-refractivity contribution in [3.8, 4) is 5.69 Å². The number of aliphatic hydroxyl groups excluding tert-OH is 1. The topological polar surface area (TPSA) is 50.9 Å². The van der Waals surface area contributed by atoms with Crippen LogP contribution >= 0.6 is 23.1 Å². The largest absolute Gasteiger partial charge is 0.388 e. The highest BCUT2D eigenvalue weighted by atomic mass is 32.2. The lowest BCUT2D eigenvalue weighted by atomic mass is 10.1. The number of benzene rings is 2. The molecule has 0 saturated heterocycles. The fraction of sp³-hybridized carbons (Fsp3) is 0.143. The monoisotopic (exact) mass is 411 g/mol. The van der Waals surface area contributed by atoms with Gasteiger partial charge in [0.25, 0.3) is 0 Å². The van der Waals surface area contributed by atoms with E-state index in [1.807, 2.05) is 46.3 Å². The third-order valence-corrected chi connectivity index (χ3v) is 6.11. The number of halogens is 1. The van der Waals surface area contributed by atoms with Gasteiger partial charge in [0.05, 0.1) is 6.10 Å². The van der Waals surface area contributed by atoms with Gasteiger partial charge in [0.1, 0.15) is 11.6 Å². The number of nitrogens with zero attached hydrogens (tertiary/aromatic N) is 3. The summed E-state index contributed by atoms with van der Waals surface area (Å²) in [6.07, 6.45) is -0.102. The number of aromatic nitrogens is 3. The molecule has 0 fully saturated rings. The number of hydrogen-bond acceptors (Lipinski definition) is 5. The molecule has 0 bridgehead atoms. The molecule has 1 N–H and O–H groups in total. The molecule has 1 atom stereocenters. The SMILES string of the molecule is OC(CSc1nnc(Cc2cccs2)n1-c1ccccc1)c1cccc(F)c1. The van der Waals surface area contributed by atoms with Crippen LogP contribution in [0.15, 0.2) is 77.3 Å². The quantitative estimate of drug-likeness (QED) is 0.440. The van der Waals surface area contributed by atoms with Crippen molar-refractivity contribution in [1.82, 2.24) is 14.8 Å². The molecule has 4 rings (SSSR count). The van der Waals surface area contributed by atoms with Gasteiger partial charge in [0, 0.05) is 22.7 Å². The van der Waals surface area contributed by atoms with Crippen LogP contribution in [-0.2, 0) is 6.42 Å². The number of thiophene rings is 1. The normalized spacial score (nSPS) is 12.2. The van der Waals surface area contributed by atoms with Crippen LogP contribution in [0.25, 0.3) is 5.69 Å². The predicted molar refractivity (Wildman–Crippen MR) is 111 cm³/mol. The highest BCUT2D eigenvalue weighted by Gasteiger charge is 2.17. The first-order valence-corrected chi connectivity index (χ1v) is 10.7. The minimum Gasteiger partial charge on any atom is -0.388 e. The zero-order chi connectivity index (χ0) is 19.3. The van der Waals surface area contributed by atoms with E-state index < -0.39 is 6.10 Å². The summed E-state index contributed by atoms with van der Waals surface area (Å²) in [6.45, 7) is 0. The summed E-state index contributed by atoms with van der Waals surface area (Å²) in [4.78, 5) is 1.21. The van der Waals surface area contributed by atoms with Crippen LogP contribution in [0, 0.1) is 5.82 Å². The van der Waals surface area contributed by atoms with Crippen molar-refractivity contribution in [2.24, 2.45) is 0 Å². The van der Waals surface area contributed by atoms with Crippen LogP contribution in [0.2, 0.25) is 0 Å². The summed E-state index contributed by atoms with van der Waals surface area (Å²) < 4.78 is 15.4. The maximum absolute atomic E-state index is 13.4. The van der Waals surface area contributed by atoms with E-state index in [9.17, 15) is 9.50 Å². The molecule has 0 radical (unpaired) electrons. The average Bonchev–Trinajstić information content (AvgIpc) is 3.37. The van der Waals surface area contributed by atoms with Crippen LogP contribution < -0.4 is 0 Å². The zero-order valence-electron chi connectivity index (χ0n) is 14.9. The molecule has 4 nitrogen and oxygen atoms in total. The van der Waals surface area contributed by atoms with E-state index in [1.54, 1.807) is 23.5 Å². The van der Waals surface area contributed by atoms with Crippen LogP contribution in [0.4, 0.5) is 4.39 Å². The molecular formula is C21H18FN3OS2. The fourth-order valence-corrected chi connectivity index (χ4v) is 4.52. The standard InChI is InChI=1S/C21H18FN3OS2/c22-16-7-4-6-15(12-16)19(26)14-28-21-24-23-20(13-18-10-5-11-27-18)25(21)17-8-2-1-3-9-17/h1-12,19,26H,13-14H2. The first-order chi connectivity index (χ1) is 13.7. The van der Waals surface area contributed by atoms with Crippen molar-refractivity contribution >= 4 is 23.1 Å². The number of thioether (sulfide) groups is 1. The van der Waals surface area contributed by atoms with Crippen molar-refractivity contribution in [2.45, 2.75) is 17.7 Å². The first kappa shape index (κ1) is 18.9. The summed E-state index contributed by atoms with van der Waals surface area (Å²) in [5.41, 5.74) is 1.53. The minimum absolute atomic E-state index is 0.354. The first-order valence-electron chi connectivity index (χ1n) is 8.79. The molecular weight excluding hydrogens is 393 g/mol. The van der Waals surface area contributed by atoms with Crippen molar-refractivity contribution < 1.29 is 9.50 Å². The van der Waals surface area contributed by atoms with Crippen LogP contribution in [0.3, 0.4) is 0 Å². The van der Waals surface area contributed by atoms with E-state index in [1.165, 1.54) is 28.8 Å². The van der Waals surface area contributed by atoms with Crippen LogP contribution in [-0.4, -0.2) is 25.6 Å². The summed E-state index contributed by atoms with van der Waals surface area (Å²) in [5.74, 6) is 0.844. The average molecular weight is 412 g/mol. The predicted octanol–water partition coefficient (Wildman–Crippen LogP) is 4.88. The van der Waals surface area contributed by atoms with Gasteiger partial charge in [0.2, 0.25) is 0 Å². The Bertz CT molecular complexity index is 1040. The Morgan fingerprint density at radius 2 is 1.89 bits per heavy atom. The molecule has 2 aromatic carbocycles. The zero-order valence-corrected chi connectivity index (χ0v) is 16.5. The van der Waals surface area contributed by atoms with Gasteiger partial charge in [-0.25, -0.2) is 4.39 Å². The second-order valence-electron chi connectivity index (χ2n) is 6.21. The molecule has 0 saturated carbocycles. The van der Waals surface area contributed by atoms with Crippen molar-refractivity contribution in [3.63, 3.8) is 0 Å². The second kappa shape index (κ2) is 8.68. The number of hydrogen-bond donors (Lipinski definition) is 1. The molecule has 0 amide bonds. The molecule has 0 aliphatic rings. The van der Waals surface area contributed by atoms with E-state index in [4.69, 9.17) is 0 Å². The van der Waals surface area contributed by atoms with Crippen LogP contribution in [0.1, 0.15) is 22.4 Å². The van der Waals surface area contributed by atoms with Gasteiger partial charge in [-0.2, -0.15) is 0 Å².